The van der Waals surface area contributed by atoms with Crippen molar-refractivity contribution < 1.29 is 9.53 Å². The summed E-state index contributed by atoms with van der Waals surface area (Å²) in [6.45, 7) is 2.22. The lowest BCUT2D eigenvalue weighted by atomic mass is 10.2. The molecule has 3 heteroatoms. The molecule has 0 spiro atoms. The van der Waals surface area contributed by atoms with Crippen LogP contribution in [0.3, 0.4) is 0 Å². The number of benzene rings is 1. The van der Waals surface area contributed by atoms with E-state index in [0.717, 1.165) is 0 Å². The molecular formula is C9H10MgO2. The molecule has 0 aliphatic carbocycles. The van der Waals surface area contributed by atoms with Crippen molar-refractivity contribution in [1.29, 1.82) is 0 Å². The van der Waals surface area contributed by atoms with Crippen LogP contribution in [0.1, 0.15) is 17.3 Å². The van der Waals surface area contributed by atoms with E-state index in [1.54, 1.807) is 19.1 Å². The second-order valence-electron chi connectivity index (χ2n) is 2.09. The first-order chi connectivity index (χ1) is 5.34. The van der Waals surface area contributed by atoms with E-state index in [2.05, 4.69) is 0 Å². The lowest BCUT2D eigenvalue weighted by Gasteiger charge is -1.99. The fraction of sp³-hybridized carbons (Fsp3) is 0.222. The summed E-state index contributed by atoms with van der Waals surface area (Å²) < 4.78 is 4.79. The van der Waals surface area contributed by atoms with Gasteiger partial charge in [0.25, 0.3) is 0 Å². The molecular weight excluding hydrogens is 164 g/mol. The van der Waals surface area contributed by atoms with Gasteiger partial charge in [0.05, 0.1) is 12.2 Å². The zero-order valence-corrected chi connectivity index (χ0v) is 8.53. The Bertz CT molecular complexity index is 234. The van der Waals surface area contributed by atoms with Crippen LogP contribution in [0, 0.1) is 0 Å². The van der Waals surface area contributed by atoms with E-state index < -0.39 is 0 Å². The van der Waals surface area contributed by atoms with Gasteiger partial charge in [0.1, 0.15) is 0 Å². The molecule has 0 atom stereocenters. The minimum absolute atomic E-state index is 0. The quantitative estimate of drug-likeness (QED) is 0.502. The van der Waals surface area contributed by atoms with Crippen LogP contribution in [0.4, 0.5) is 0 Å². The van der Waals surface area contributed by atoms with Crippen LogP contribution in [0.2, 0.25) is 0 Å². The summed E-state index contributed by atoms with van der Waals surface area (Å²) in [5.41, 5.74) is 0.606. The molecule has 1 aromatic carbocycles. The van der Waals surface area contributed by atoms with Gasteiger partial charge in [-0.2, -0.15) is 0 Å². The van der Waals surface area contributed by atoms with E-state index in [0.29, 0.717) is 12.2 Å². The maximum absolute atomic E-state index is 11.0. The number of rotatable bonds is 2. The van der Waals surface area contributed by atoms with Crippen LogP contribution in [0.15, 0.2) is 30.3 Å². The Morgan fingerprint density at radius 2 is 1.92 bits per heavy atom. The lowest BCUT2D eigenvalue weighted by molar-refractivity contribution is 0.0526. The first kappa shape index (κ1) is 11.5. The van der Waals surface area contributed by atoms with E-state index in [1.807, 2.05) is 18.2 Å². The largest absolute Gasteiger partial charge is 0.462 e. The number of hydrogen-bond acceptors (Lipinski definition) is 2. The van der Waals surface area contributed by atoms with Gasteiger partial charge in [0.15, 0.2) is 0 Å². The summed E-state index contributed by atoms with van der Waals surface area (Å²) >= 11 is 0. The van der Waals surface area contributed by atoms with Crippen LogP contribution >= 0.6 is 0 Å². The zero-order valence-electron chi connectivity index (χ0n) is 7.12. The van der Waals surface area contributed by atoms with Gasteiger partial charge < -0.3 is 4.74 Å². The summed E-state index contributed by atoms with van der Waals surface area (Å²) in [5.74, 6) is -0.256. The van der Waals surface area contributed by atoms with E-state index >= 15 is 0 Å². The number of esters is 1. The monoisotopic (exact) mass is 174 g/mol. The smallest absolute Gasteiger partial charge is 0.338 e. The highest BCUT2D eigenvalue weighted by Gasteiger charge is 2.02. The van der Waals surface area contributed by atoms with Crippen LogP contribution in [-0.2, 0) is 4.74 Å². The van der Waals surface area contributed by atoms with Crippen molar-refractivity contribution in [3.05, 3.63) is 35.9 Å². The minimum Gasteiger partial charge on any atom is -0.462 e. The van der Waals surface area contributed by atoms with Crippen molar-refractivity contribution in [3.8, 4) is 0 Å². The van der Waals surface area contributed by atoms with E-state index in [9.17, 15) is 4.79 Å². The molecule has 0 aromatic heterocycles. The Labute approximate surface area is 88.1 Å². The van der Waals surface area contributed by atoms with Gasteiger partial charge in [-0.25, -0.2) is 4.79 Å². The van der Waals surface area contributed by atoms with E-state index in [-0.39, 0.29) is 29.0 Å². The highest BCUT2D eigenvalue weighted by atomic mass is 24.3. The summed E-state index contributed by atoms with van der Waals surface area (Å²) in [6.07, 6.45) is 0. The fourth-order valence-electron chi connectivity index (χ4n) is 0.789. The van der Waals surface area contributed by atoms with Gasteiger partial charge in [0.2, 0.25) is 0 Å². The molecule has 0 aliphatic heterocycles. The maximum atomic E-state index is 11.0. The zero-order chi connectivity index (χ0) is 8.10. The van der Waals surface area contributed by atoms with Crippen LogP contribution in [-0.4, -0.2) is 35.6 Å². The molecule has 0 unspecified atom stereocenters. The molecule has 0 fully saturated rings. The molecule has 2 radical (unpaired) electrons. The summed E-state index contributed by atoms with van der Waals surface area (Å²) in [6, 6.07) is 8.96. The third-order valence-electron chi connectivity index (χ3n) is 1.28. The average Bonchev–Trinajstić information content (AvgIpc) is 2.07. The van der Waals surface area contributed by atoms with Crippen molar-refractivity contribution >= 4 is 29.0 Å². The topological polar surface area (TPSA) is 26.3 Å². The van der Waals surface area contributed by atoms with Crippen molar-refractivity contribution in [2.45, 2.75) is 6.92 Å². The van der Waals surface area contributed by atoms with Gasteiger partial charge in [-0.3, -0.25) is 0 Å². The summed E-state index contributed by atoms with van der Waals surface area (Å²) in [5, 5.41) is 0. The van der Waals surface area contributed by atoms with Crippen molar-refractivity contribution in [2.75, 3.05) is 6.61 Å². The molecule has 0 saturated heterocycles. The molecule has 60 valence electrons. The highest BCUT2D eigenvalue weighted by Crippen LogP contribution is 1.99. The predicted molar refractivity (Wildman–Crippen MR) is 48.2 cm³/mol. The lowest BCUT2D eigenvalue weighted by Crippen LogP contribution is -2.03. The van der Waals surface area contributed by atoms with Gasteiger partial charge in [-0.05, 0) is 19.1 Å². The molecule has 0 saturated carbocycles. The van der Waals surface area contributed by atoms with Gasteiger partial charge in [-0.15, -0.1) is 0 Å². The van der Waals surface area contributed by atoms with E-state index in [1.165, 1.54) is 0 Å². The Kier molecular flexibility index (Phi) is 5.75. The normalized spacial score (nSPS) is 8.42. The molecule has 0 heterocycles. The third-order valence-corrected chi connectivity index (χ3v) is 1.28. The van der Waals surface area contributed by atoms with Crippen molar-refractivity contribution in [1.82, 2.24) is 0 Å². The first-order valence-corrected chi connectivity index (χ1v) is 3.56. The predicted octanol–water partition coefficient (Wildman–Crippen LogP) is 1.48. The van der Waals surface area contributed by atoms with Crippen LogP contribution in [0.5, 0.6) is 0 Å². The molecule has 0 bridgehead atoms. The molecule has 0 aliphatic rings. The highest BCUT2D eigenvalue weighted by molar-refractivity contribution is 5.89. The van der Waals surface area contributed by atoms with Gasteiger partial charge in [-0.1, -0.05) is 18.2 Å². The van der Waals surface area contributed by atoms with Crippen molar-refractivity contribution in [3.63, 3.8) is 0 Å². The number of hydrogen-bond donors (Lipinski definition) is 0. The first-order valence-electron chi connectivity index (χ1n) is 3.56. The molecule has 0 amide bonds. The van der Waals surface area contributed by atoms with Crippen molar-refractivity contribution in [2.24, 2.45) is 0 Å². The molecule has 12 heavy (non-hydrogen) atoms. The van der Waals surface area contributed by atoms with Crippen LogP contribution < -0.4 is 0 Å². The molecule has 0 N–H and O–H groups in total. The van der Waals surface area contributed by atoms with E-state index in [4.69, 9.17) is 4.74 Å². The number of carbonyl (C=O) groups is 1. The van der Waals surface area contributed by atoms with Gasteiger partial charge in [0, 0.05) is 23.1 Å². The minimum atomic E-state index is -0.256. The SMILES string of the molecule is CCOC(=O)c1ccccc1.[Mg]. The summed E-state index contributed by atoms with van der Waals surface area (Å²) in [4.78, 5) is 11.0. The standard InChI is InChI=1S/C9H10O2.Mg/c1-2-11-9(10)8-6-4-3-5-7-8;/h3-7H,2H2,1H3;. The van der Waals surface area contributed by atoms with Gasteiger partial charge >= 0.3 is 5.97 Å². The number of ether oxygens (including phenoxy) is 1. The Morgan fingerprint density at radius 3 is 2.42 bits per heavy atom. The van der Waals surface area contributed by atoms with Crippen LogP contribution in [0.25, 0.3) is 0 Å². The Hall–Kier alpha value is -0.544. The fourth-order valence-corrected chi connectivity index (χ4v) is 0.789. The molecule has 2 nitrogen and oxygen atoms in total. The maximum Gasteiger partial charge on any atom is 0.338 e. The molecule has 1 rings (SSSR count). The second kappa shape index (κ2) is 6.03. The number of carbonyl (C=O) groups excluding carboxylic acids is 1. The Balaban J connectivity index is 0.00000121. The second-order valence-corrected chi connectivity index (χ2v) is 2.09. The third kappa shape index (κ3) is 3.24. The molecule has 1 aromatic rings. The summed E-state index contributed by atoms with van der Waals surface area (Å²) in [7, 11) is 0. The average molecular weight is 174 g/mol. The Morgan fingerprint density at radius 1 is 1.33 bits per heavy atom.